The minimum Gasteiger partial charge on any atom is -0.457 e. The second-order valence-electron chi connectivity index (χ2n) is 6.33. The number of rotatable bonds is 6. The Hall–Kier alpha value is -3.41. The van der Waals surface area contributed by atoms with Crippen molar-refractivity contribution in [2.75, 3.05) is 5.73 Å². The van der Waals surface area contributed by atoms with Gasteiger partial charge in [-0.25, -0.2) is 9.67 Å². The van der Waals surface area contributed by atoms with Crippen molar-refractivity contribution in [1.29, 1.82) is 0 Å². The monoisotopic (exact) mass is 359 g/mol. The Bertz CT molecular complexity index is 1060. The molecule has 136 valence electrons. The Kier molecular flexibility index (Phi) is 4.70. The average Bonchev–Trinajstić information content (AvgIpc) is 3.05. The van der Waals surface area contributed by atoms with Gasteiger partial charge in [0, 0.05) is 18.3 Å². The number of aryl methyl sites for hydroxylation is 1. The molecule has 0 aliphatic carbocycles. The summed E-state index contributed by atoms with van der Waals surface area (Å²) in [5.74, 6) is 1.81. The smallest absolute Gasteiger partial charge is 0.222 e. The van der Waals surface area contributed by atoms with Crippen LogP contribution < -0.4 is 10.5 Å². The number of benzene rings is 2. The van der Waals surface area contributed by atoms with Crippen LogP contribution in [0.4, 0.5) is 5.95 Å². The first-order valence-corrected chi connectivity index (χ1v) is 9.07. The molecule has 0 unspecified atom stereocenters. The maximum Gasteiger partial charge on any atom is 0.222 e. The minimum absolute atomic E-state index is 0.257. The third kappa shape index (κ3) is 3.60. The van der Waals surface area contributed by atoms with Crippen molar-refractivity contribution in [2.24, 2.45) is 0 Å². The number of para-hydroxylation sites is 1. The molecule has 0 atom stereocenters. The second-order valence-corrected chi connectivity index (χ2v) is 6.33. The third-order valence-electron chi connectivity index (χ3n) is 4.32. The highest BCUT2D eigenvalue weighted by atomic mass is 16.5. The minimum atomic E-state index is 0.257. The predicted molar refractivity (Wildman–Crippen MR) is 107 cm³/mol. The van der Waals surface area contributed by atoms with Crippen LogP contribution in [0.3, 0.4) is 0 Å². The van der Waals surface area contributed by atoms with Gasteiger partial charge in [-0.2, -0.15) is 10.1 Å². The lowest BCUT2D eigenvalue weighted by atomic mass is 10.1. The molecule has 6 heteroatoms. The van der Waals surface area contributed by atoms with E-state index in [1.54, 1.807) is 6.20 Å². The van der Waals surface area contributed by atoms with Gasteiger partial charge in [-0.3, -0.25) is 0 Å². The van der Waals surface area contributed by atoms with E-state index in [0.29, 0.717) is 0 Å². The zero-order valence-electron chi connectivity index (χ0n) is 15.2. The van der Waals surface area contributed by atoms with E-state index in [0.717, 1.165) is 53.2 Å². The fraction of sp³-hybridized carbons (Fsp3) is 0.190. The summed E-state index contributed by atoms with van der Waals surface area (Å²) in [5, 5.41) is 5.68. The molecule has 0 radical (unpaired) electrons. The van der Waals surface area contributed by atoms with Crippen LogP contribution in [-0.2, 0) is 6.54 Å². The summed E-state index contributed by atoms with van der Waals surface area (Å²) in [4.78, 5) is 8.56. The Morgan fingerprint density at radius 3 is 2.67 bits per heavy atom. The lowest BCUT2D eigenvalue weighted by Gasteiger charge is -2.06. The molecule has 0 saturated heterocycles. The van der Waals surface area contributed by atoms with E-state index in [1.165, 1.54) is 0 Å². The molecule has 2 heterocycles. The largest absolute Gasteiger partial charge is 0.457 e. The van der Waals surface area contributed by atoms with Crippen LogP contribution in [0.15, 0.2) is 60.8 Å². The number of fused-ring (bicyclic) bond motifs is 1. The lowest BCUT2D eigenvalue weighted by Crippen LogP contribution is -2.02. The van der Waals surface area contributed by atoms with Crippen LogP contribution in [0.2, 0.25) is 0 Å². The number of aromatic nitrogens is 4. The van der Waals surface area contributed by atoms with Crippen molar-refractivity contribution in [2.45, 2.75) is 26.3 Å². The Morgan fingerprint density at radius 1 is 1.04 bits per heavy atom. The molecule has 0 aliphatic heterocycles. The van der Waals surface area contributed by atoms with E-state index < -0.39 is 0 Å². The first kappa shape index (κ1) is 17.0. The summed E-state index contributed by atoms with van der Waals surface area (Å²) in [6.07, 6.45) is 3.85. The normalized spacial score (nSPS) is 11.0. The molecule has 0 spiro atoms. The highest BCUT2D eigenvalue weighted by molar-refractivity contribution is 5.91. The molecule has 0 bridgehead atoms. The molecule has 27 heavy (non-hydrogen) atoms. The summed E-state index contributed by atoms with van der Waals surface area (Å²) < 4.78 is 7.87. The van der Waals surface area contributed by atoms with Crippen LogP contribution in [0.25, 0.3) is 22.3 Å². The Morgan fingerprint density at radius 2 is 1.85 bits per heavy atom. The van der Waals surface area contributed by atoms with E-state index >= 15 is 0 Å². The number of hydrogen-bond acceptors (Lipinski definition) is 5. The number of unbranched alkanes of at least 4 members (excludes halogenated alkanes) is 1. The fourth-order valence-electron chi connectivity index (χ4n) is 2.98. The van der Waals surface area contributed by atoms with Crippen molar-refractivity contribution in [1.82, 2.24) is 19.7 Å². The van der Waals surface area contributed by atoms with Gasteiger partial charge in [0.2, 0.25) is 5.95 Å². The SMILES string of the molecule is CCCCn1nc(-c2cccc(Oc3ccccc3)c2)c2cnc(N)nc21. The molecular weight excluding hydrogens is 338 g/mol. The van der Waals surface area contributed by atoms with Gasteiger partial charge in [0.15, 0.2) is 5.65 Å². The zero-order valence-corrected chi connectivity index (χ0v) is 15.2. The molecular formula is C21H21N5O. The first-order valence-electron chi connectivity index (χ1n) is 9.07. The van der Waals surface area contributed by atoms with Gasteiger partial charge in [0.25, 0.3) is 0 Å². The van der Waals surface area contributed by atoms with Crippen molar-refractivity contribution in [3.8, 4) is 22.8 Å². The maximum atomic E-state index is 5.96. The van der Waals surface area contributed by atoms with Crippen LogP contribution in [-0.4, -0.2) is 19.7 Å². The summed E-state index contributed by atoms with van der Waals surface area (Å²) in [7, 11) is 0. The van der Waals surface area contributed by atoms with Crippen LogP contribution in [0.5, 0.6) is 11.5 Å². The van der Waals surface area contributed by atoms with E-state index in [4.69, 9.17) is 15.6 Å². The quantitative estimate of drug-likeness (QED) is 0.541. The van der Waals surface area contributed by atoms with Crippen molar-refractivity contribution >= 4 is 17.0 Å². The molecule has 4 aromatic rings. The highest BCUT2D eigenvalue weighted by Crippen LogP contribution is 2.31. The summed E-state index contributed by atoms with van der Waals surface area (Å²) >= 11 is 0. The molecule has 0 saturated carbocycles. The zero-order chi connectivity index (χ0) is 18.6. The highest BCUT2D eigenvalue weighted by Gasteiger charge is 2.15. The molecule has 0 aliphatic rings. The van der Waals surface area contributed by atoms with Gasteiger partial charge in [-0.1, -0.05) is 43.7 Å². The van der Waals surface area contributed by atoms with E-state index in [1.807, 2.05) is 59.3 Å². The molecule has 2 aromatic carbocycles. The van der Waals surface area contributed by atoms with E-state index in [2.05, 4.69) is 16.9 Å². The number of nitrogen functional groups attached to an aromatic ring is 1. The van der Waals surface area contributed by atoms with Gasteiger partial charge in [-0.15, -0.1) is 0 Å². The summed E-state index contributed by atoms with van der Waals surface area (Å²) in [6.45, 7) is 2.95. The van der Waals surface area contributed by atoms with Crippen molar-refractivity contribution in [3.05, 3.63) is 60.8 Å². The fourth-order valence-corrected chi connectivity index (χ4v) is 2.98. The van der Waals surface area contributed by atoms with Gasteiger partial charge >= 0.3 is 0 Å². The standard InChI is InChI=1S/C21H21N5O/c1-2-3-12-26-20-18(14-23-21(22)24-20)19(25-26)15-8-7-11-17(13-15)27-16-9-5-4-6-10-16/h4-11,13-14H,2-3,12H2,1H3,(H2,22,23,24). The molecule has 4 rings (SSSR count). The Balaban J connectivity index is 1.74. The maximum absolute atomic E-state index is 5.96. The first-order chi connectivity index (χ1) is 13.2. The molecule has 0 amide bonds. The molecule has 0 fully saturated rings. The van der Waals surface area contributed by atoms with E-state index in [-0.39, 0.29) is 5.95 Å². The molecule has 2 aromatic heterocycles. The van der Waals surface area contributed by atoms with Crippen LogP contribution in [0, 0.1) is 0 Å². The second kappa shape index (κ2) is 7.45. The van der Waals surface area contributed by atoms with Gasteiger partial charge in [-0.05, 0) is 30.7 Å². The summed E-state index contributed by atoms with van der Waals surface area (Å²) in [6, 6.07) is 17.6. The van der Waals surface area contributed by atoms with Gasteiger partial charge in [0.1, 0.15) is 17.2 Å². The number of ether oxygens (including phenoxy) is 1. The van der Waals surface area contributed by atoms with Gasteiger partial charge in [0.05, 0.1) is 5.39 Å². The van der Waals surface area contributed by atoms with Crippen molar-refractivity contribution < 1.29 is 4.74 Å². The lowest BCUT2D eigenvalue weighted by molar-refractivity contribution is 0.483. The number of hydrogen-bond donors (Lipinski definition) is 1. The van der Waals surface area contributed by atoms with Crippen LogP contribution in [0.1, 0.15) is 19.8 Å². The predicted octanol–water partition coefficient (Wildman–Crippen LogP) is 4.67. The van der Waals surface area contributed by atoms with E-state index in [9.17, 15) is 0 Å². The molecule has 2 N–H and O–H groups in total. The van der Waals surface area contributed by atoms with Gasteiger partial charge < -0.3 is 10.5 Å². The number of nitrogens with two attached hydrogens (primary N) is 1. The topological polar surface area (TPSA) is 78.8 Å². The van der Waals surface area contributed by atoms with Crippen LogP contribution >= 0.6 is 0 Å². The average molecular weight is 359 g/mol. The molecule has 6 nitrogen and oxygen atoms in total. The third-order valence-corrected chi connectivity index (χ3v) is 4.32. The number of nitrogens with zero attached hydrogens (tertiary/aromatic N) is 4. The summed E-state index contributed by atoms with van der Waals surface area (Å²) in [5.41, 5.74) is 8.35. The number of anilines is 1. The van der Waals surface area contributed by atoms with Crippen molar-refractivity contribution in [3.63, 3.8) is 0 Å². The Labute approximate surface area is 157 Å².